The second kappa shape index (κ2) is 7.91. The quantitative estimate of drug-likeness (QED) is 0.703. The zero-order chi connectivity index (χ0) is 19.6. The number of aromatic amines is 1. The predicted molar refractivity (Wildman–Crippen MR) is 113 cm³/mol. The molecule has 5 nitrogen and oxygen atoms in total. The fourth-order valence-electron chi connectivity index (χ4n) is 4.57. The van der Waals surface area contributed by atoms with Gasteiger partial charge in [0.15, 0.2) is 0 Å². The van der Waals surface area contributed by atoms with Crippen molar-refractivity contribution in [2.75, 3.05) is 26.8 Å². The summed E-state index contributed by atoms with van der Waals surface area (Å²) in [6.45, 7) is 3.88. The summed E-state index contributed by atoms with van der Waals surface area (Å²) < 4.78 is 11.2. The highest BCUT2D eigenvalue weighted by Gasteiger charge is 2.23. The molecule has 1 aromatic heterocycles. The number of piperidine rings is 1. The smallest absolute Gasteiger partial charge is 0.137 e. The van der Waals surface area contributed by atoms with Crippen LogP contribution in [-0.2, 0) is 13.0 Å². The van der Waals surface area contributed by atoms with Crippen LogP contribution in [0.1, 0.15) is 35.6 Å². The Morgan fingerprint density at radius 3 is 2.90 bits per heavy atom. The summed E-state index contributed by atoms with van der Waals surface area (Å²) in [5.74, 6) is 3.55. The third-order valence-corrected chi connectivity index (χ3v) is 6.15. The average molecular weight is 389 g/mol. The Kier molecular flexibility index (Phi) is 4.98. The number of fused-ring (bicyclic) bond motifs is 1. The molecule has 0 radical (unpaired) electrons. The molecule has 2 aromatic carbocycles. The number of methoxy groups -OCH3 is 1. The molecule has 29 heavy (non-hydrogen) atoms. The van der Waals surface area contributed by atoms with Gasteiger partial charge < -0.3 is 14.5 Å². The lowest BCUT2D eigenvalue weighted by atomic mass is 9.89. The van der Waals surface area contributed by atoms with Gasteiger partial charge in [0.05, 0.1) is 13.7 Å². The number of nitrogens with one attached hydrogen (secondary N) is 1. The molecule has 0 bridgehead atoms. The SMILES string of the molecule is COc1ccccc1C1CCN(Cc2cnc(-c3ccc4c(c3)CCO4)[nH]2)CC1. The van der Waals surface area contributed by atoms with Crippen LogP contribution in [-0.4, -0.2) is 41.7 Å². The van der Waals surface area contributed by atoms with Crippen LogP contribution in [0.25, 0.3) is 11.4 Å². The second-order valence-electron chi connectivity index (χ2n) is 7.97. The number of likely N-dealkylation sites (tertiary alicyclic amines) is 1. The fourth-order valence-corrected chi connectivity index (χ4v) is 4.57. The first-order valence-electron chi connectivity index (χ1n) is 10.5. The fraction of sp³-hybridized carbons (Fsp3) is 0.375. The van der Waals surface area contributed by atoms with Gasteiger partial charge in [0, 0.05) is 30.4 Å². The maximum atomic E-state index is 5.60. The highest BCUT2D eigenvalue weighted by Crippen LogP contribution is 2.34. The van der Waals surface area contributed by atoms with Crippen molar-refractivity contribution in [2.24, 2.45) is 0 Å². The summed E-state index contributed by atoms with van der Waals surface area (Å²) in [6, 6.07) is 14.8. The topological polar surface area (TPSA) is 50.4 Å². The maximum Gasteiger partial charge on any atom is 0.137 e. The second-order valence-corrected chi connectivity index (χ2v) is 7.97. The van der Waals surface area contributed by atoms with Crippen LogP contribution in [0.2, 0.25) is 0 Å². The van der Waals surface area contributed by atoms with E-state index in [4.69, 9.17) is 9.47 Å². The molecule has 1 fully saturated rings. The lowest BCUT2D eigenvalue weighted by molar-refractivity contribution is 0.201. The summed E-state index contributed by atoms with van der Waals surface area (Å²) in [4.78, 5) is 10.7. The zero-order valence-corrected chi connectivity index (χ0v) is 16.9. The lowest BCUT2D eigenvalue weighted by Gasteiger charge is -2.32. The molecular weight excluding hydrogens is 362 g/mol. The van der Waals surface area contributed by atoms with Crippen molar-refractivity contribution in [3.63, 3.8) is 0 Å². The monoisotopic (exact) mass is 389 g/mol. The van der Waals surface area contributed by atoms with Crippen molar-refractivity contribution in [3.8, 4) is 22.9 Å². The van der Waals surface area contributed by atoms with Gasteiger partial charge >= 0.3 is 0 Å². The molecule has 0 unspecified atom stereocenters. The Labute approximate surface area is 171 Å². The number of benzene rings is 2. The first-order chi connectivity index (χ1) is 14.3. The summed E-state index contributed by atoms with van der Waals surface area (Å²) in [6.07, 6.45) is 5.28. The Hall–Kier alpha value is -2.79. The molecule has 1 saturated heterocycles. The van der Waals surface area contributed by atoms with Crippen molar-refractivity contribution in [3.05, 3.63) is 65.5 Å². The molecule has 3 aromatic rings. The van der Waals surface area contributed by atoms with Crippen LogP contribution in [0, 0.1) is 0 Å². The van der Waals surface area contributed by atoms with Gasteiger partial charge in [0.1, 0.15) is 17.3 Å². The van der Waals surface area contributed by atoms with Crippen molar-refractivity contribution < 1.29 is 9.47 Å². The number of imidazole rings is 1. The molecule has 2 aliphatic rings. The number of ether oxygens (including phenoxy) is 2. The zero-order valence-electron chi connectivity index (χ0n) is 16.9. The van der Waals surface area contributed by atoms with Crippen LogP contribution in [0.3, 0.4) is 0 Å². The molecule has 0 spiro atoms. The van der Waals surface area contributed by atoms with Gasteiger partial charge in [0.2, 0.25) is 0 Å². The molecule has 1 N–H and O–H groups in total. The van der Waals surface area contributed by atoms with Crippen molar-refractivity contribution in [2.45, 2.75) is 31.7 Å². The van der Waals surface area contributed by atoms with Gasteiger partial charge in [0.25, 0.3) is 0 Å². The third kappa shape index (κ3) is 3.75. The molecule has 0 aliphatic carbocycles. The molecule has 150 valence electrons. The normalized spacial score (nSPS) is 17.1. The Morgan fingerprint density at radius 2 is 2.03 bits per heavy atom. The molecule has 0 saturated carbocycles. The van der Waals surface area contributed by atoms with E-state index in [1.165, 1.54) is 16.8 Å². The lowest BCUT2D eigenvalue weighted by Crippen LogP contribution is -2.32. The molecule has 3 heterocycles. The standard InChI is InChI=1S/C24H27N3O2/c1-28-23-5-3-2-4-21(23)17-8-11-27(12-9-17)16-20-15-25-24(26-20)19-6-7-22-18(14-19)10-13-29-22/h2-7,14-15,17H,8-13,16H2,1H3,(H,25,26). The van der Waals surface area contributed by atoms with Crippen molar-refractivity contribution >= 4 is 0 Å². The molecule has 5 rings (SSSR count). The first kappa shape index (κ1) is 18.3. The van der Waals surface area contributed by atoms with Crippen molar-refractivity contribution in [1.29, 1.82) is 0 Å². The van der Waals surface area contributed by atoms with Crippen LogP contribution in [0.5, 0.6) is 11.5 Å². The Bertz CT molecular complexity index is 989. The minimum absolute atomic E-state index is 0.577. The summed E-state index contributed by atoms with van der Waals surface area (Å²) in [5, 5.41) is 0. The van der Waals surface area contributed by atoms with Crippen LogP contribution in [0.4, 0.5) is 0 Å². The number of nitrogens with zero attached hydrogens (tertiary/aromatic N) is 2. The van der Waals surface area contributed by atoms with Crippen LogP contribution >= 0.6 is 0 Å². The van der Waals surface area contributed by atoms with E-state index in [0.717, 1.165) is 68.4 Å². The molecule has 0 amide bonds. The van der Waals surface area contributed by atoms with E-state index in [1.807, 2.05) is 12.3 Å². The highest BCUT2D eigenvalue weighted by atomic mass is 16.5. The van der Waals surface area contributed by atoms with Crippen molar-refractivity contribution in [1.82, 2.24) is 14.9 Å². The molecular formula is C24H27N3O2. The van der Waals surface area contributed by atoms with Gasteiger partial charge in [-0.3, -0.25) is 4.90 Å². The van der Waals surface area contributed by atoms with Crippen LogP contribution < -0.4 is 9.47 Å². The Balaban J connectivity index is 1.21. The van der Waals surface area contributed by atoms with E-state index in [2.05, 4.69) is 51.3 Å². The highest BCUT2D eigenvalue weighted by molar-refractivity contribution is 5.59. The van der Waals surface area contributed by atoms with E-state index < -0.39 is 0 Å². The van der Waals surface area contributed by atoms with E-state index in [-0.39, 0.29) is 0 Å². The average Bonchev–Trinajstić information content (AvgIpc) is 3.43. The predicted octanol–water partition coefficient (Wildman–Crippen LogP) is 4.40. The van der Waals surface area contributed by atoms with Gasteiger partial charge in [-0.15, -0.1) is 0 Å². The molecule has 2 aliphatic heterocycles. The number of hydrogen-bond acceptors (Lipinski definition) is 4. The number of H-pyrrole nitrogens is 1. The van der Waals surface area contributed by atoms with E-state index in [1.54, 1.807) is 7.11 Å². The van der Waals surface area contributed by atoms with Gasteiger partial charge in [-0.1, -0.05) is 18.2 Å². The van der Waals surface area contributed by atoms with Gasteiger partial charge in [-0.2, -0.15) is 0 Å². The summed E-state index contributed by atoms with van der Waals surface area (Å²) in [7, 11) is 1.76. The Morgan fingerprint density at radius 1 is 1.17 bits per heavy atom. The number of hydrogen-bond donors (Lipinski definition) is 1. The van der Waals surface area contributed by atoms with E-state index in [9.17, 15) is 0 Å². The largest absolute Gasteiger partial charge is 0.496 e. The third-order valence-electron chi connectivity index (χ3n) is 6.15. The minimum Gasteiger partial charge on any atom is -0.496 e. The van der Waals surface area contributed by atoms with Crippen LogP contribution in [0.15, 0.2) is 48.7 Å². The minimum atomic E-state index is 0.577. The molecule has 5 heteroatoms. The number of aromatic nitrogens is 2. The summed E-state index contributed by atoms with van der Waals surface area (Å²) >= 11 is 0. The van der Waals surface area contributed by atoms with E-state index >= 15 is 0 Å². The van der Waals surface area contributed by atoms with Gasteiger partial charge in [-0.25, -0.2) is 4.98 Å². The number of para-hydroxylation sites is 1. The molecule has 0 atom stereocenters. The number of rotatable bonds is 5. The summed E-state index contributed by atoms with van der Waals surface area (Å²) in [5.41, 5.74) is 4.93. The van der Waals surface area contributed by atoms with E-state index in [0.29, 0.717) is 5.92 Å². The first-order valence-corrected chi connectivity index (χ1v) is 10.5. The van der Waals surface area contributed by atoms with Gasteiger partial charge in [-0.05, 0) is 67.2 Å². The maximum absolute atomic E-state index is 5.60.